The molecule has 7 nitrogen and oxygen atoms in total. The highest BCUT2D eigenvalue weighted by atomic mass is 32.2. The first-order chi connectivity index (χ1) is 11.4. The summed E-state index contributed by atoms with van der Waals surface area (Å²) >= 11 is 0. The van der Waals surface area contributed by atoms with Gasteiger partial charge in [0.25, 0.3) is 0 Å². The van der Waals surface area contributed by atoms with Gasteiger partial charge < -0.3 is 5.32 Å². The molecule has 0 bridgehead atoms. The van der Waals surface area contributed by atoms with E-state index in [0.717, 1.165) is 5.39 Å². The molecule has 1 aliphatic heterocycles. The number of hydrogen-bond acceptors (Lipinski definition) is 6. The number of nitrogens with one attached hydrogen (secondary N) is 2. The summed E-state index contributed by atoms with van der Waals surface area (Å²) in [6.07, 6.45) is 2.13. The molecule has 0 spiro atoms. The third kappa shape index (κ3) is 3.92. The predicted octanol–water partition coefficient (Wildman–Crippen LogP) is 0.290. The highest BCUT2D eigenvalue weighted by molar-refractivity contribution is 7.91. The van der Waals surface area contributed by atoms with E-state index in [1.54, 1.807) is 18.3 Å². The van der Waals surface area contributed by atoms with Crippen LogP contribution < -0.4 is 10.0 Å². The Kier molecular flexibility index (Phi) is 4.86. The number of para-hydroxylation sites is 1. The highest BCUT2D eigenvalue weighted by Gasteiger charge is 2.27. The van der Waals surface area contributed by atoms with Crippen molar-refractivity contribution in [3.8, 4) is 0 Å². The number of nitrogens with zero attached hydrogens (tertiary/aromatic N) is 1. The molecule has 24 heavy (non-hydrogen) atoms. The molecule has 1 aliphatic rings. The zero-order chi connectivity index (χ0) is 17.2. The summed E-state index contributed by atoms with van der Waals surface area (Å²) in [5.74, 6) is 0.311. The zero-order valence-electron chi connectivity index (χ0n) is 13.0. The van der Waals surface area contributed by atoms with Crippen LogP contribution in [-0.4, -0.2) is 52.5 Å². The molecule has 3 rings (SSSR count). The zero-order valence-corrected chi connectivity index (χ0v) is 14.6. The van der Waals surface area contributed by atoms with Gasteiger partial charge in [0, 0.05) is 30.7 Å². The van der Waals surface area contributed by atoms with E-state index in [9.17, 15) is 16.8 Å². The fourth-order valence-electron chi connectivity index (χ4n) is 2.79. The summed E-state index contributed by atoms with van der Waals surface area (Å²) in [7, 11) is -6.61. The van der Waals surface area contributed by atoms with Crippen molar-refractivity contribution in [2.45, 2.75) is 17.4 Å². The third-order valence-electron chi connectivity index (χ3n) is 3.97. The van der Waals surface area contributed by atoms with Gasteiger partial charge in [0.05, 0.1) is 17.0 Å². The van der Waals surface area contributed by atoms with Crippen LogP contribution in [0.25, 0.3) is 10.9 Å². The molecule has 0 aliphatic carbocycles. The number of hydrogen-bond donors (Lipinski definition) is 2. The van der Waals surface area contributed by atoms with Gasteiger partial charge in [0.15, 0.2) is 9.84 Å². The van der Waals surface area contributed by atoms with Crippen molar-refractivity contribution in [3.05, 3.63) is 36.5 Å². The number of benzene rings is 1. The Hall–Kier alpha value is -1.55. The summed E-state index contributed by atoms with van der Waals surface area (Å²) in [5.41, 5.74) is 0.433. The van der Waals surface area contributed by atoms with E-state index >= 15 is 0 Å². The fourth-order valence-corrected chi connectivity index (χ4v) is 5.71. The van der Waals surface area contributed by atoms with Crippen molar-refractivity contribution in [1.29, 1.82) is 0 Å². The third-order valence-corrected chi connectivity index (χ3v) is 7.23. The molecule has 0 unspecified atom stereocenters. The Balaban J connectivity index is 1.62. The largest absolute Gasteiger partial charge is 0.312 e. The van der Waals surface area contributed by atoms with E-state index in [1.165, 1.54) is 6.07 Å². The summed E-state index contributed by atoms with van der Waals surface area (Å²) in [4.78, 5) is 4.30. The summed E-state index contributed by atoms with van der Waals surface area (Å²) in [6.45, 7) is 0.555. The van der Waals surface area contributed by atoms with E-state index in [0.29, 0.717) is 18.5 Å². The van der Waals surface area contributed by atoms with Crippen molar-refractivity contribution >= 4 is 30.8 Å². The summed E-state index contributed by atoms with van der Waals surface area (Å²) < 4.78 is 50.2. The number of fused-ring (bicyclic) bond motifs is 1. The smallest absolute Gasteiger partial charge is 0.242 e. The molecule has 2 aromatic rings. The van der Waals surface area contributed by atoms with Crippen molar-refractivity contribution in [3.63, 3.8) is 0 Å². The molecule has 1 atom stereocenters. The molecule has 1 aromatic carbocycles. The Morgan fingerprint density at radius 3 is 2.71 bits per heavy atom. The molecule has 1 aromatic heterocycles. The van der Waals surface area contributed by atoms with E-state index in [2.05, 4.69) is 15.0 Å². The van der Waals surface area contributed by atoms with Crippen molar-refractivity contribution in [1.82, 2.24) is 15.0 Å². The maximum Gasteiger partial charge on any atom is 0.242 e. The van der Waals surface area contributed by atoms with Crippen LogP contribution in [0.5, 0.6) is 0 Å². The second-order valence-electron chi connectivity index (χ2n) is 5.78. The maximum atomic E-state index is 12.5. The quantitative estimate of drug-likeness (QED) is 0.709. The molecule has 2 N–H and O–H groups in total. The molecule has 0 amide bonds. The van der Waals surface area contributed by atoms with E-state index in [4.69, 9.17) is 0 Å². The Morgan fingerprint density at radius 2 is 1.96 bits per heavy atom. The minimum absolute atomic E-state index is 0.0984. The van der Waals surface area contributed by atoms with Crippen LogP contribution in [0.1, 0.15) is 6.42 Å². The van der Waals surface area contributed by atoms with Crippen molar-refractivity contribution in [2.75, 3.05) is 24.6 Å². The van der Waals surface area contributed by atoms with Gasteiger partial charge in [-0.25, -0.2) is 21.6 Å². The normalized spacial score (nSPS) is 20.4. The second kappa shape index (κ2) is 6.75. The number of sulfone groups is 1. The minimum atomic E-state index is -3.68. The van der Waals surface area contributed by atoms with Gasteiger partial charge in [-0.3, -0.25) is 4.98 Å². The minimum Gasteiger partial charge on any atom is -0.312 e. The second-order valence-corrected chi connectivity index (χ2v) is 9.75. The van der Waals surface area contributed by atoms with Gasteiger partial charge in [-0.1, -0.05) is 18.2 Å². The standard InChI is InChI=1S/C15H19N3O4S2/c19-23(20)10-6-13(11-23)16-8-9-18-24(21,22)14-5-1-3-12-4-2-7-17-15(12)14/h1-5,7,13,16,18H,6,8-11H2/t13-/m1/s1. The lowest BCUT2D eigenvalue weighted by Crippen LogP contribution is -2.37. The Morgan fingerprint density at radius 1 is 1.17 bits per heavy atom. The molecule has 9 heteroatoms. The van der Waals surface area contributed by atoms with Gasteiger partial charge in [0.1, 0.15) is 4.90 Å². The molecular formula is C15H19N3O4S2. The Bertz CT molecular complexity index is 937. The number of aromatic nitrogens is 1. The molecule has 1 fully saturated rings. The molecule has 130 valence electrons. The Labute approximate surface area is 141 Å². The average molecular weight is 369 g/mol. The van der Waals surface area contributed by atoms with Crippen LogP contribution in [-0.2, 0) is 19.9 Å². The van der Waals surface area contributed by atoms with E-state index < -0.39 is 19.9 Å². The van der Waals surface area contributed by atoms with Gasteiger partial charge in [-0.05, 0) is 18.6 Å². The number of rotatable bonds is 6. The lowest BCUT2D eigenvalue weighted by atomic mass is 10.2. The lowest BCUT2D eigenvalue weighted by molar-refractivity contribution is 0.542. The van der Waals surface area contributed by atoms with Crippen LogP contribution >= 0.6 is 0 Å². The van der Waals surface area contributed by atoms with Crippen LogP contribution in [0.15, 0.2) is 41.4 Å². The average Bonchev–Trinajstić information content (AvgIpc) is 2.90. The number of sulfonamides is 1. The molecule has 0 saturated carbocycles. The maximum absolute atomic E-state index is 12.5. The molecule has 0 radical (unpaired) electrons. The number of pyridine rings is 1. The molecule has 1 saturated heterocycles. The molecular weight excluding hydrogens is 350 g/mol. The van der Waals surface area contributed by atoms with Crippen molar-refractivity contribution < 1.29 is 16.8 Å². The lowest BCUT2D eigenvalue weighted by Gasteiger charge is -2.12. The molecule has 2 heterocycles. The van der Waals surface area contributed by atoms with Crippen molar-refractivity contribution in [2.24, 2.45) is 0 Å². The highest BCUT2D eigenvalue weighted by Crippen LogP contribution is 2.20. The fraction of sp³-hybridized carbons (Fsp3) is 0.400. The first-order valence-corrected chi connectivity index (χ1v) is 11.0. The topological polar surface area (TPSA) is 105 Å². The van der Waals surface area contributed by atoms with Gasteiger partial charge >= 0.3 is 0 Å². The first kappa shape index (κ1) is 17.3. The van der Waals surface area contributed by atoms with Gasteiger partial charge in [-0.15, -0.1) is 0 Å². The van der Waals surface area contributed by atoms with Gasteiger partial charge in [-0.2, -0.15) is 0 Å². The van der Waals surface area contributed by atoms with Crippen LogP contribution in [0, 0.1) is 0 Å². The van der Waals surface area contributed by atoms with Gasteiger partial charge in [0.2, 0.25) is 10.0 Å². The first-order valence-electron chi connectivity index (χ1n) is 7.65. The van der Waals surface area contributed by atoms with Crippen LogP contribution in [0.4, 0.5) is 0 Å². The predicted molar refractivity (Wildman–Crippen MR) is 92.0 cm³/mol. The SMILES string of the molecule is O=S1(=O)CC[C@@H](NCCNS(=O)(=O)c2cccc3cccnc23)C1. The van der Waals surface area contributed by atoms with E-state index in [1.807, 2.05) is 12.1 Å². The van der Waals surface area contributed by atoms with E-state index in [-0.39, 0.29) is 29.0 Å². The summed E-state index contributed by atoms with van der Waals surface area (Å²) in [6, 6.07) is 8.48. The monoisotopic (exact) mass is 369 g/mol. The van der Waals surface area contributed by atoms with Crippen LogP contribution in [0.2, 0.25) is 0 Å². The summed E-state index contributed by atoms with van der Waals surface area (Å²) in [5, 5.41) is 3.84. The van der Waals surface area contributed by atoms with Crippen LogP contribution in [0.3, 0.4) is 0 Å².